The van der Waals surface area contributed by atoms with E-state index in [1.165, 1.54) is 6.42 Å². The molecule has 3 rings (SSSR count). The Morgan fingerprint density at radius 1 is 1.35 bits per heavy atom. The molecule has 0 radical (unpaired) electrons. The first-order valence-corrected chi connectivity index (χ1v) is 6.06. The number of hydrogen-bond acceptors (Lipinski definition) is 3. The van der Waals surface area contributed by atoms with Gasteiger partial charge < -0.3 is 5.32 Å². The van der Waals surface area contributed by atoms with Gasteiger partial charge in [0.2, 0.25) is 0 Å². The second-order valence-corrected chi connectivity index (χ2v) is 4.47. The standard InChI is InChI=1S/C13H16N4/c1-9-12(10-5-2-3-7-14-10)13(17-16-9)11-6-4-8-15-11/h2-3,5,7,11,15H,4,6,8H2,1H3,(H,16,17). The van der Waals surface area contributed by atoms with Gasteiger partial charge in [-0.2, -0.15) is 5.10 Å². The van der Waals surface area contributed by atoms with Crippen LogP contribution < -0.4 is 5.32 Å². The largest absolute Gasteiger partial charge is 0.309 e. The van der Waals surface area contributed by atoms with Gasteiger partial charge in [0.15, 0.2) is 0 Å². The Bertz CT molecular complexity index is 497. The van der Waals surface area contributed by atoms with Crippen LogP contribution in [-0.2, 0) is 0 Å². The highest BCUT2D eigenvalue weighted by molar-refractivity contribution is 5.65. The highest BCUT2D eigenvalue weighted by atomic mass is 15.1. The molecule has 1 unspecified atom stereocenters. The summed E-state index contributed by atoms with van der Waals surface area (Å²) < 4.78 is 0. The van der Waals surface area contributed by atoms with E-state index in [9.17, 15) is 0 Å². The molecule has 2 N–H and O–H groups in total. The molecular weight excluding hydrogens is 212 g/mol. The molecule has 17 heavy (non-hydrogen) atoms. The van der Waals surface area contributed by atoms with Crippen LogP contribution >= 0.6 is 0 Å². The number of aryl methyl sites for hydroxylation is 1. The second-order valence-electron chi connectivity index (χ2n) is 4.47. The van der Waals surface area contributed by atoms with Gasteiger partial charge in [0.25, 0.3) is 0 Å². The Morgan fingerprint density at radius 3 is 3.00 bits per heavy atom. The van der Waals surface area contributed by atoms with Crippen LogP contribution in [0.3, 0.4) is 0 Å². The zero-order valence-corrected chi connectivity index (χ0v) is 9.90. The van der Waals surface area contributed by atoms with Gasteiger partial charge in [0.05, 0.1) is 17.4 Å². The third-order valence-electron chi connectivity index (χ3n) is 3.29. The molecule has 1 aliphatic heterocycles. The number of nitrogens with one attached hydrogen (secondary N) is 2. The summed E-state index contributed by atoms with van der Waals surface area (Å²) in [6.45, 7) is 3.13. The fraction of sp³-hybridized carbons (Fsp3) is 0.385. The molecule has 0 amide bonds. The van der Waals surface area contributed by atoms with Crippen molar-refractivity contribution in [2.45, 2.75) is 25.8 Å². The molecule has 0 spiro atoms. The second kappa shape index (κ2) is 4.30. The van der Waals surface area contributed by atoms with E-state index in [-0.39, 0.29) is 0 Å². The minimum atomic E-state index is 0.372. The van der Waals surface area contributed by atoms with Crippen LogP contribution in [-0.4, -0.2) is 21.7 Å². The average Bonchev–Trinajstić information content (AvgIpc) is 2.98. The van der Waals surface area contributed by atoms with Crippen molar-refractivity contribution in [3.8, 4) is 11.3 Å². The van der Waals surface area contributed by atoms with Crippen LogP contribution in [0.15, 0.2) is 24.4 Å². The molecule has 1 saturated heterocycles. The fourth-order valence-electron chi connectivity index (χ4n) is 2.45. The van der Waals surface area contributed by atoms with Gasteiger partial charge in [-0.25, -0.2) is 0 Å². The van der Waals surface area contributed by atoms with Crippen LogP contribution in [0.5, 0.6) is 0 Å². The summed E-state index contributed by atoms with van der Waals surface area (Å²) >= 11 is 0. The van der Waals surface area contributed by atoms with Crippen LogP contribution in [0, 0.1) is 6.92 Å². The number of hydrogen-bond donors (Lipinski definition) is 2. The van der Waals surface area contributed by atoms with E-state index in [0.29, 0.717) is 6.04 Å². The molecular formula is C13H16N4. The number of nitrogens with zero attached hydrogens (tertiary/aromatic N) is 2. The molecule has 0 aliphatic carbocycles. The Labute approximate surface area is 100 Å². The van der Waals surface area contributed by atoms with Gasteiger partial charge in [-0.1, -0.05) is 6.07 Å². The minimum absolute atomic E-state index is 0.372. The summed E-state index contributed by atoms with van der Waals surface area (Å²) in [5, 5.41) is 11.0. The van der Waals surface area contributed by atoms with Crippen LogP contribution in [0.4, 0.5) is 0 Å². The van der Waals surface area contributed by atoms with Crippen LogP contribution in [0.1, 0.15) is 30.3 Å². The summed E-state index contributed by atoms with van der Waals surface area (Å²) in [5.74, 6) is 0. The topological polar surface area (TPSA) is 53.6 Å². The lowest BCUT2D eigenvalue weighted by Crippen LogP contribution is -2.14. The predicted molar refractivity (Wildman–Crippen MR) is 66.5 cm³/mol. The van der Waals surface area contributed by atoms with Gasteiger partial charge in [-0.15, -0.1) is 0 Å². The smallest absolute Gasteiger partial charge is 0.0888 e. The maximum atomic E-state index is 4.45. The van der Waals surface area contributed by atoms with Crippen molar-refractivity contribution in [3.63, 3.8) is 0 Å². The molecule has 2 aromatic rings. The first-order chi connectivity index (χ1) is 8.36. The van der Waals surface area contributed by atoms with Crippen molar-refractivity contribution in [3.05, 3.63) is 35.8 Å². The average molecular weight is 228 g/mol. The first-order valence-electron chi connectivity index (χ1n) is 6.06. The lowest BCUT2D eigenvalue weighted by Gasteiger charge is -2.09. The van der Waals surface area contributed by atoms with Crippen molar-refractivity contribution in [2.75, 3.05) is 6.54 Å². The third kappa shape index (κ3) is 1.85. The normalized spacial score (nSPS) is 19.7. The van der Waals surface area contributed by atoms with Crippen molar-refractivity contribution in [1.82, 2.24) is 20.5 Å². The third-order valence-corrected chi connectivity index (χ3v) is 3.29. The van der Waals surface area contributed by atoms with Gasteiger partial charge in [0, 0.05) is 17.5 Å². The number of rotatable bonds is 2. The highest BCUT2D eigenvalue weighted by Crippen LogP contribution is 2.31. The summed E-state index contributed by atoms with van der Waals surface area (Å²) in [6.07, 6.45) is 4.20. The van der Waals surface area contributed by atoms with Crippen molar-refractivity contribution in [2.24, 2.45) is 0 Å². The van der Waals surface area contributed by atoms with Gasteiger partial charge in [-0.05, 0) is 38.4 Å². The SMILES string of the molecule is Cc1[nH]nc(C2CCCN2)c1-c1ccccn1. The molecule has 1 aliphatic rings. The summed E-state index contributed by atoms with van der Waals surface area (Å²) in [4.78, 5) is 4.43. The van der Waals surface area contributed by atoms with E-state index in [0.717, 1.165) is 35.6 Å². The summed E-state index contributed by atoms with van der Waals surface area (Å²) in [7, 11) is 0. The molecule has 4 nitrogen and oxygen atoms in total. The summed E-state index contributed by atoms with van der Waals surface area (Å²) in [6, 6.07) is 6.36. The van der Waals surface area contributed by atoms with E-state index in [1.807, 2.05) is 24.4 Å². The highest BCUT2D eigenvalue weighted by Gasteiger charge is 2.24. The number of H-pyrrole nitrogens is 1. The molecule has 4 heteroatoms. The number of pyridine rings is 1. The lowest BCUT2D eigenvalue weighted by molar-refractivity contribution is 0.626. The maximum absolute atomic E-state index is 4.45. The molecule has 1 atom stereocenters. The predicted octanol–water partition coefficient (Wildman–Crippen LogP) is 2.20. The van der Waals surface area contributed by atoms with E-state index in [4.69, 9.17) is 0 Å². The maximum Gasteiger partial charge on any atom is 0.0888 e. The fourth-order valence-corrected chi connectivity index (χ4v) is 2.45. The summed E-state index contributed by atoms with van der Waals surface area (Å²) in [5.41, 5.74) is 4.36. The molecule has 0 saturated carbocycles. The van der Waals surface area contributed by atoms with E-state index >= 15 is 0 Å². The number of aromatic amines is 1. The molecule has 3 heterocycles. The number of aromatic nitrogens is 3. The van der Waals surface area contributed by atoms with E-state index in [2.05, 4.69) is 27.4 Å². The molecule has 2 aromatic heterocycles. The van der Waals surface area contributed by atoms with Crippen molar-refractivity contribution in [1.29, 1.82) is 0 Å². The van der Waals surface area contributed by atoms with Gasteiger partial charge in [0.1, 0.15) is 0 Å². The molecule has 88 valence electrons. The monoisotopic (exact) mass is 228 g/mol. The molecule has 0 bridgehead atoms. The Balaban J connectivity index is 2.06. The Morgan fingerprint density at radius 2 is 2.29 bits per heavy atom. The van der Waals surface area contributed by atoms with Crippen molar-refractivity contribution < 1.29 is 0 Å². The lowest BCUT2D eigenvalue weighted by atomic mass is 10.0. The Kier molecular flexibility index (Phi) is 2.65. The first kappa shape index (κ1) is 10.5. The zero-order chi connectivity index (χ0) is 11.7. The molecule has 0 aromatic carbocycles. The van der Waals surface area contributed by atoms with Crippen molar-refractivity contribution >= 4 is 0 Å². The van der Waals surface area contributed by atoms with E-state index in [1.54, 1.807) is 0 Å². The van der Waals surface area contributed by atoms with Crippen LogP contribution in [0.2, 0.25) is 0 Å². The van der Waals surface area contributed by atoms with Gasteiger partial charge >= 0.3 is 0 Å². The minimum Gasteiger partial charge on any atom is -0.309 e. The van der Waals surface area contributed by atoms with Gasteiger partial charge in [-0.3, -0.25) is 10.1 Å². The van der Waals surface area contributed by atoms with Crippen LogP contribution in [0.25, 0.3) is 11.3 Å². The molecule has 1 fully saturated rings. The zero-order valence-electron chi connectivity index (χ0n) is 9.90. The Hall–Kier alpha value is -1.68. The quantitative estimate of drug-likeness (QED) is 0.828. The van der Waals surface area contributed by atoms with E-state index < -0.39 is 0 Å².